The molecule has 182 valence electrons. The third-order valence-corrected chi connectivity index (χ3v) is 5.28. The summed E-state index contributed by atoms with van der Waals surface area (Å²) in [6, 6.07) is 13.6. The molecule has 0 spiro atoms. The van der Waals surface area contributed by atoms with Gasteiger partial charge in [-0.2, -0.15) is 5.10 Å². The number of aryl methyl sites for hydroxylation is 2. The topological polar surface area (TPSA) is 119 Å². The Bertz CT molecular complexity index is 1280. The first-order chi connectivity index (χ1) is 16.4. The molecular weight excluding hydrogens is 446 g/mol. The first-order valence-electron chi connectivity index (χ1n) is 11.1. The maximum Gasteiger partial charge on any atom is 0.269 e. The van der Waals surface area contributed by atoms with Crippen LogP contribution in [0.1, 0.15) is 43.2 Å². The van der Waals surface area contributed by atoms with Crippen molar-refractivity contribution in [3.63, 3.8) is 0 Å². The Hall–Kier alpha value is -4.27. The number of nitro benzene ring substituents is 1. The van der Waals surface area contributed by atoms with Gasteiger partial charge in [0.15, 0.2) is 0 Å². The van der Waals surface area contributed by atoms with E-state index in [1.165, 1.54) is 36.4 Å². The van der Waals surface area contributed by atoms with Crippen molar-refractivity contribution in [3.8, 4) is 5.69 Å². The van der Waals surface area contributed by atoms with Crippen LogP contribution in [0.2, 0.25) is 0 Å². The molecule has 35 heavy (non-hydrogen) atoms. The number of aromatic nitrogens is 2. The van der Waals surface area contributed by atoms with Crippen LogP contribution >= 0.6 is 0 Å². The number of nitro groups is 1. The molecule has 0 fully saturated rings. The summed E-state index contributed by atoms with van der Waals surface area (Å²) in [5.41, 5.74) is 4.21. The highest BCUT2D eigenvalue weighted by Gasteiger charge is 2.22. The molecule has 0 aliphatic carbocycles. The summed E-state index contributed by atoms with van der Waals surface area (Å²) in [6.07, 6.45) is 2.79. The van der Waals surface area contributed by atoms with Crippen LogP contribution in [0, 0.1) is 24.0 Å². The van der Waals surface area contributed by atoms with Gasteiger partial charge in [0.2, 0.25) is 11.8 Å². The van der Waals surface area contributed by atoms with Crippen molar-refractivity contribution in [2.45, 2.75) is 40.0 Å². The van der Waals surface area contributed by atoms with E-state index in [0.717, 1.165) is 22.5 Å². The molecule has 0 aliphatic rings. The Balaban J connectivity index is 1.68. The van der Waals surface area contributed by atoms with Gasteiger partial charge in [0, 0.05) is 29.7 Å². The summed E-state index contributed by atoms with van der Waals surface area (Å²) in [4.78, 5) is 35.0. The van der Waals surface area contributed by atoms with E-state index in [0.29, 0.717) is 11.4 Å². The first kappa shape index (κ1) is 25.4. The summed E-state index contributed by atoms with van der Waals surface area (Å²) >= 11 is 0. The van der Waals surface area contributed by atoms with Crippen LogP contribution in [0.3, 0.4) is 0 Å². The van der Waals surface area contributed by atoms with Crippen LogP contribution in [-0.4, -0.2) is 33.1 Å². The zero-order valence-electron chi connectivity index (χ0n) is 20.5. The van der Waals surface area contributed by atoms with E-state index in [-0.39, 0.29) is 17.6 Å². The van der Waals surface area contributed by atoms with Crippen LogP contribution < -0.4 is 10.6 Å². The van der Waals surface area contributed by atoms with Crippen molar-refractivity contribution >= 4 is 29.4 Å². The van der Waals surface area contributed by atoms with Gasteiger partial charge in [-0.3, -0.25) is 19.7 Å². The number of carbonyl (C=O) groups is 2. The largest absolute Gasteiger partial charge is 0.343 e. The van der Waals surface area contributed by atoms with Gasteiger partial charge in [0.1, 0.15) is 5.82 Å². The third-order valence-electron chi connectivity index (χ3n) is 5.28. The fourth-order valence-corrected chi connectivity index (χ4v) is 3.36. The molecule has 0 radical (unpaired) electrons. The van der Waals surface area contributed by atoms with E-state index in [9.17, 15) is 19.7 Å². The summed E-state index contributed by atoms with van der Waals surface area (Å²) in [7, 11) is 0. The molecule has 9 heteroatoms. The van der Waals surface area contributed by atoms with E-state index >= 15 is 0 Å². The lowest BCUT2D eigenvalue weighted by Crippen LogP contribution is -2.32. The number of carbonyl (C=O) groups excluding carboxylic acids is 2. The number of amides is 2. The predicted molar refractivity (Wildman–Crippen MR) is 136 cm³/mol. The molecular formula is C26H29N5O4. The van der Waals surface area contributed by atoms with Crippen LogP contribution in [0.15, 0.2) is 54.6 Å². The number of benzene rings is 2. The second-order valence-electron chi connectivity index (χ2n) is 9.31. The molecule has 2 N–H and O–H groups in total. The lowest BCUT2D eigenvalue weighted by molar-refractivity contribution is -0.384. The smallest absolute Gasteiger partial charge is 0.269 e. The van der Waals surface area contributed by atoms with Crippen LogP contribution in [0.5, 0.6) is 0 Å². The first-order valence-corrected chi connectivity index (χ1v) is 11.1. The fraction of sp³-hybridized carbons (Fsp3) is 0.269. The second-order valence-corrected chi connectivity index (χ2v) is 9.31. The van der Waals surface area contributed by atoms with Gasteiger partial charge in [-0.1, -0.05) is 38.5 Å². The number of hydrogen-bond donors (Lipinski definition) is 2. The van der Waals surface area contributed by atoms with Crippen molar-refractivity contribution in [2.75, 3.05) is 11.9 Å². The average Bonchev–Trinajstić information content (AvgIpc) is 3.20. The van der Waals surface area contributed by atoms with Crippen molar-refractivity contribution in [1.29, 1.82) is 0 Å². The van der Waals surface area contributed by atoms with Gasteiger partial charge in [-0.15, -0.1) is 0 Å². The van der Waals surface area contributed by atoms with E-state index in [2.05, 4.69) is 16.7 Å². The molecule has 1 aromatic heterocycles. The molecule has 0 unspecified atom stereocenters. The average molecular weight is 476 g/mol. The minimum atomic E-state index is -0.491. The Labute approximate surface area is 204 Å². The highest BCUT2D eigenvalue weighted by Crippen LogP contribution is 2.27. The SMILES string of the molecule is Cc1ccc(-n2nc(C(C)(C)C)cc2NC(=O)CNC(=O)/C=C/c2ccc([N+](=O)[O-])cc2)c(C)c1. The molecule has 9 nitrogen and oxygen atoms in total. The molecule has 0 aliphatic heterocycles. The highest BCUT2D eigenvalue weighted by atomic mass is 16.6. The third kappa shape index (κ3) is 6.63. The number of nitrogens with zero attached hydrogens (tertiary/aromatic N) is 3. The Morgan fingerprint density at radius 2 is 1.77 bits per heavy atom. The molecule has 0 saturated carbocycles. The number of hydrogen-bond acceptors (Lipinski definition) is 5. The highest BCUT2D eigenvalue weighted by molar-refractivity contribution is 5.97. The van der Waals surface area contributed by atoms with Crippen LogP contribution in [0.25, 0.3) is 11.8 Å². The number of anilines is 1. The molecule has 2 aromatic carbocycles. The lowest BCUT2D eigenvalue weighted by Gasteiger charge is -2.14. The standard InChI is InChI=1S/C26H29N5O4/c1-17-6-12-21(18(2)14-17)30-23(15-22(29-30)26(3,4)5)28-25(33)16-27-24(32)13-9-19-7-10-20(11-8-19)31(34)35/h6-15H,16H2,1-5H3,(H,27,32)(H,28,33)/b13-9+. The zero-order chi connectivity index (χ0) is 25.8. The Kier molecular flexibility index (Phi) is 7.49. The lowest BCUT2D eigenvalue weighted by atomic mass is 9.92. The Morgan fingerprint density at radius 3 is 2.37 bits per heavy atom. The maximum atomic E-state index is 12.6. The number of nitrogens with one attached hydrogen (secondary N) is 2. The van der Waals surface area contributed by atoms with Gasteiger partial charge >= 0.3 is 0 Å². The van der Waals surface area contributed by atoms with E-state index < -0.39 is 16.7 Å². The number of rotatable bonds is 7. The van der Waals surface area contributed by atoms with Gasteiger partial charge in [-0.05, 0) is 49.2 Å². The van der Waals surface area contributed by atoms with Crippen molar-refractivity contribution in [1.82, 2.24) is 15.1 Å². The van der Waals surface area contributed by atoms with Gasteiger partial charge < -0.3 is 10.6 Å². The van der Waals surface area contributed by atoms with E-state index in [1.54, 1.807) is 4.68 Å². The molecule has 1 heterocycles. The summed E-state index contributed by atoms with van der Waals surface area (Å²) in [5, 5.41) is 20.8. The second kappa shape index (κ2) is 10.3. The molecule has 3 aromatic rings. The monoisotopic (exact) mass is 475 g/mol. The fourth-order valence-electron chi connectivity index (χ4n) is 3.36. The minimum Gasteiger partial charge on any atom is -0.343 e. The normalized spacial score (nSPS) is 11.5. The van der Waals surface area contributed by atoms with Gasteiger partial charge in [-0.25, -0.2) is 4.68 Å². The molecule has 0 saturated heterocycles. The molecule has 2 amide bonds. The van der Waals surface area contributed by atoms with E-state index in [4.69, 9.17) is 5.10 Å². The van der Waals surface area contributed by atoms with Crippen molar-refractivity contribution in [3.05, 3.63) is 87.1 Å². The van der Waals surface area contributed by atoms with E-state index in [1.807, 2.05) is 52.8 Å². The summed E-state index contributed by atoms with van der Waals surface area (Å²) < 4.78 is 1.71. The van der Waals surface area contributed by atoms with Crippen molar-refractivity contribution < 1.29 is 14.5 Å². The zero-order valence-corrected chi connectivity index (χ0v) is 20.5. The minimum absolute atomic E-state index is 0.0297. The summed E-state index contributed by atoms with van der Waals surface area (Å²) in [6.45, 7) is 9.92. The van der Waals surface area contributed by atoms with Crippen LogP contribution in [-0.2, 0) is 15.0 Å². The summed E-state index contributed by atoms with van der Waals surface area (Å²) in [5.74, 6) is -0.340. The Morgan fingerprint density at radius 1 is 1.09 bits per heavy atom. The predicted octanol–water partition coefficient (Wildman–Crippen LogP) is 4.46. The molecule has 3 rings (SSSR count). The maximum absolute atomic E-state index is 12.6. The molecule has 0 atom stereocenters. The van der Waals surface area contributed by atoms with Crippen molar-refractivity contribution in [2.24, 2.45) is 0 Å². The van der Waals surface area contributed by atoms with Gasteiger partial charge in [0.25, 0.3) is 5.69 Å². The quantitative estimate of drug-likeness (QED) is 0.297. The van der Waals surface area contributed by atoms with Gasteiger partial charge in [0.05, 0.1) is 22.8 Å². The van der Waals surface area contributed by atoms with Crippen LogP contribution in [0.4, 0.5) is 11.5 Å². The number of non-ortho nitro benzene ring substituents is 1. The molecule has 0 bridgehead atoms.